The molecule has 1 saturated heterocycles. The molecule has 1 heteroatoms. The van der Waals surface area contributed by atoms with E-state index >= 15 is 0 Å². The van der Waals surface area contributed by atoms with Gasteiger partial charge in [-0.2, -0.15) is 0 Å². The van der Waals surface area contributed by atoms with E-state index in [-0.39, 0.29) is 6.10 Å². The van der Waals surface area contributed by atoms with Crippen molar-refractivity contribution in [2.24, 2.45) is 11.8 Å². The quantitative estimate of drug-likeness (QED) is 0.734. The maximum absolute atomic E-state index is 6.23. The molecule has 1 aliphatic carbocycles. The highest BCUT2D eigenvalue weighted by Gasteiger charge is 2.56. The number of rotatable bonds is 1. The molecular weight excluding hydrogens is 232 g/mol. The molecule has 2 heterocycles. The van der Waals surface area contributed by atoms with Gasteiger partial charge in [0.05, 0.1) is 12.2 Å². The summed E-state index contributed by atoms with van der Waals surface area (Å²) in [6.45, 7) is 0. The second-order valence-corrected chi connectivity index (χ2v) is 5.70. The van der Waals surface area contributed by atoms with Crippen molar-refractivity contribution in [3.63, 3.8) is 0 Å². The lowest BCUT2D eigenvalue weighted by molar-refractivity contribution is 0.0626. The van der Waals surface area contributed by atoms with Gasteiger partial charge in [0.2, 0.25) is 0 Å². The van der Waals surface area contributed by atoms with Gasteiger partial charge in [0.15, 0.2) is 0 Å². The molecular formula is C18H14O. The molecule has 0 N–H and O–H groups in total. The van der Waals surface area contributed by atoms with E-state index < -0.39 is 0 Å². The first-order valence-electron chi connectivity index (χ1n) is 6.95. The maximum atomic E-state index is 6.23. The Bertz CT molecular complexity index is 686. The molecule has 0 aromatic heterocycles. The summed E-state index contributed by atoms with van der Waals surface area (Å²) in [4.78, 5) is 0. The maximum Gasteiger partial charge on any atom is 0.0912 e. The summed E-state index contributed by atoms with van der Waals surface area (Å²) in [5, 5.41) is 0. The van der Waals surface area contributed by atoms with Crippen LogP contribution in [-0.2, 0) is 4.74 Å². The van der Waals surface area contributed by atoms with Crippen LogP contribution in [0.5, 0.6) is 0 Å². The monoisotopic (exact) mass is 246 g/mol. The Labute approximate surface area is 112 Å². The van der Waals surface area contributed by atoms with Gasteiger partial charge in [0.25, 0.3) is 0 Å². The van der Waals surface area contributed by atoms with Crippen molar-refractivity contribution in [3.8, 4) is 0 Å². The van der Waals surface area contributed by atoms with E-state index in [1.807, 2.05) is 0 Å². The molecule has 3 aliphatic rings. The minimum Gasteiger partial charge on any atom is -0.364 e. The average Bonchev–Trinajstić information content (AvgIpc) is 2.92. The van der Waals surface area contributed by atoms with Crippen molar-refractivity contribution >= 4 is 5.57 Å². The highest BCUT2D eigenvalue weighted by molar-refractivity contribution is 5.76. The minimum atomic E-state index is 0.284. The van der Waals surface area contributed by atoms with E-state index in [0.29, 0.717) is 17.9 Å². The van der Waals surface area contributed by atoms with Gasteiger partial charge >= 0.3 is 0 Å². The van der Waals surface area contributed by atoms with Crippen LogP contribution in [0.4, 0.5) is 0 Å². The predicted octanol–water partition coefficient (Wildman–Crippen LogP) is 4.14. The number of ether oxygens (including phenoxy) is 1. The zero-order chi connectivity index (χ0) is 12.4. The fourth-order valence-corrected chi connectivity index (χ4v) is 3.98. The van der Waals surface area contributed by atoms with Crippen LogP contribution >= 0.6 is 0 Å². The molecule has 1 fully saturated rings. The molecule has 2 aromatic rings. The van der Waals surface area contributed by atoms with E-state index in [1.54, 1.807) is 0 Å². The lowest BCUT2D eigenvalue weighted by Crippen LogP contribution is -2.29. The SMILES string of the molecule is C1=C(c2ccccc2)[C@@H]2[C@H]1[C@@H]1O[C@H]2c2ccccc21. The number of hydrogen-bond donors (Lipinski definition) is 0. The van der Waals surface area contributed by atoms with E-state index in [9.17, 15) is 0 Å². The highest BCUT2D eigenvalue weighted by Crippen LogP contribution is 2.65. The summed E-state index contributed by atoms with van der Waals surface area (Å²) in [5.41, 5.74) is 5.66. The van der Waals surface area contributed by atoms with Crippen molar-refractivity contribution in [1.82, 2.24) is 0 Å². The van der Waals surface area contributed by atoms with Crippen LogP contribution < -0.4 is 0 Å². The van der Waals surface area contributed by atoms with Crippen LogP contribution in [0.25, 0.3) is 5.57 Å². The van der Waals surface area contributed by atoms with Crippen LogP contribution in [0, 0.1) is 11.8 Å². The van der Waals surface area contributed by atoms with Gasteiger partial charge in [-0.1, -0.05) is 60.7 Å². The van der Waals surface area contributed by atoms with Crippen molar-refractivity contribution in [2.45, 2.75) is 12.2 Å². The van der Waals surface area contributed by atoms with E-state index in [1.165, 1.54) is 22.3 Å². The molecule has 0 radical (unpaired) electrons. The van der Waals surface area contributed by atoms with Crippen LogP contribution in [-0.4, -0.2) is 0 Å². The smallest absolute Gasteiger partial charge is 0.0912 e. The Hall–Kier alpha value is -1.86. The van der Waals surface area contributed by atoms with Gasteiger partial charge in [-0.15, -0.1) is 0 Å². The first-order valence-corrected chi connectivity index (χ1v) is 6.95. The summed E-state index contributed by atoms with van der Waals surface area (Å²) in [6, 6.07) is 19.4. The van der Waals surface area contributed by atoms with Crippen molar-refractivity contribution in [3.05, 3.63) is 77.4 Å². The highest BCUT2D eigenvalue weighted by atomic mass is 16.5. The van der Waals surface area contributed by atoms with Crippen molar-refractivity contribution in [2.75, 3.05) is 0 Å². The first-order chi connectivity index (χ1) is 9.43. The largest absolute Gasteiger partial charge is 0.364 e. The number of benzene rings is 2. The van der Waals surface area contributed by atoms with E-state index in [4.69, 9.17) is 4.74 Å². The van der Waals surface area contributed by atoms with Gasteiger partial charge in [0, 0.05) is 11.8 Å². The molecule has 0 saturated carbocycles. The first kappa shape index (κ1) is 9.99. The second-order valence-electron chi connectivity index (χ2n) is 5.70. The van der Waals surface area contributed by atoms with Gasteiger partial charge in [-0.25, -0.2) is 0 Å². The Balaban J connectivity index is 1.60. The van der Waals surface area contributed by atoms with Crippen LogP contribution in [0.1, 0.15) is 28.9 Å². The molecule has 2 aliphatic heterocycles. The molecule has 92 valence electrons. The van der Waals surface area contributed by atoms with Crippen LogP contribution in [0.2, 0.25) is 0 Å². The molecule has 5 rings (SSSR count). The number of fused-ring (bicyclic) bond motifs is 8. The zero-order valence-corrected chi connectivity index (χ0v) is 10.5. The predicted molar refractivity (Wildman–Crippen MR) is 74.4 cm³/mol. The molecule has 4 atom stereocenters. The Morgan fingerprint density at radius 1 is 0.737 bits per heavy atom. The van der Waals surface area contributed by atoms with Gasteiger partial charge in [0.1, 0.15) is 0 Å². The van der Waals surface area contributed by atoms with Gasteiger partial charge in [-0.3, -0.25) is 0 Å². The van der Waals surface area contributed by atoms with Gasteiger partial charge in [-0.05, 0) is 22.3 Å². The number of hydrogen-bond acceptors (Lipinski definition) is 1. The molecule has 2 aromatic carbocycles. The van der Waals surface area contributed by atoms with Crippen molar-refractivity contribution in [1.29, 1.82) is 0 Å². The van der Waals surface area contributed by atoms with E-state index in [2.05, 4.69) is 60.7 Å². The lowest BCUT2D eigenvalue weighted by Gasteiger charge is -2.37. The minimum absolute atomic E-state index is 0.284. The van der Waals surface area contributed by atoms with E-state index in [0.717, 1.165) is 0 Å². The Morgan fingerprint density at radius 2 is 1.42 bits per heavy atom. The van der Waals surface area contributed by atoms with Gasteiger partial charge < -0.3 is 4.74 Å². The Kier molecular flexibility index (Phi) is 1.77. The molecule has 19 heavy (non-hydrogen) atoms. The summed E-state index contributed by atoms with van der Waals surface area (Å²) in [6.07, 6.45) is 3.01. The molecule has 1 nitrogen and oxygen atoms in total. The van der Waals surface area contributed by atoms with Crippen molar-refractivity contribution < 1.29 is 4.74 Å². The Morgan fingerprint density at radius 3 is 2.21 bits per heavy atom. The molecule has 0 unspecified atom stereocenters. The zero-order valence-electron chi connectivity index (χ0n) is 10.5. The standard InChI is InChI=1S/C18H14O/c1-2-6-11(7-3-1)14-10-15-16(14)18-13-9-5-4-8-12(13)17(15)19-18/h1-10,15-18H/t15-,16+,17+,18-/m0/s1. The molecule has 0 spiro atoms. The topological polar surface area (TPSA) is 9.23 Å². The van der Waals surface area contributed by atoms with Crippen LogP contribution in [0.15, 0.2) is 60.7 Å². The van der Waals surface area contributed by atoms with Crippen LogP contribution in [0.3, 0.4) is 0 Å². The summed E-state index contributed by atoms with van der Waals surface area (Å²) >= 11 is 0. The summed E-state index contributed by atoms with van der Waals surface area (Å²) in [5.74, 6) is 1.16. The third-order valence-corrected chi connectivity index (χ3v) is 4.83. The summed E-state index contributed by atoms with van der Waals surface area (Å²) in [7, 11) is 0. The fourth-order valence-electron chi connectivity index (χ4n) is 3.98. The lowest BCUT2D eigenvalue weighted by atomic mass is 9.63. The summed E-state index contributed by atoms with van der Waals surface area (Å²) < 4.78 is 6.23. The molecule has 0 amide bonds. The fraction of sp³-hybridized carbons (Fsp3) is 0.222. The molecule has 2 bridgehead atoms. The normalized spacial score (nSPS) is 33.4. The average molecular weight is 246 g/mol. The third kappa shape index (κ3) is 1.14. The second kappa shape index (κ2) is 3.37. The third-order valence-electron chi connectivity index (χ3n) is 4.83.